The summed E-state index contributed by atoms with van der Waals surface area (Å²) in [5.41, 5.74) is 0.602. The van der Waals surface area contributed by atoms with Crippen LogP contribution < -0.4 is 0 Å². The van der Waals surface area contributed by atoms with E-state index in [1.54, 1.807) is 35.4 Å². The Bertz CT molecular complexity index is 394. The standard InChI is InChI=1S/C12H13BrN2O/c1-3-7-15(8-4-2)12(16)10-5-6-14-11(13)9-10/h3-6,9H,1-2,7-8H2. The molecule has 1 aromatic rings. The molecule has 0 bridgehead atoms. The zero-order valence-electron chi connectivity index (χ0n) is 8.90. The first-order valence-electron chi connectivity index (χ1n) is 4.81. The van der Waals surface area contributed by atoms with Crippen molar-refractivity contribution in [1.82, 2.24) is 9.88 Å². The zero-order chi connectivity index (χ0) is 12.0. The molecule has 1 heterocycles. The molecule has 0 spiro atoms. The molecule has 0 saturated heterocycles. The van der Waals surface area contributed by atoms with Gasteiger partial charge in [0, 0.05) is 24.8 Å². The molecule has 1 amide bonds. The van der Waals surface area contributed by atoms with Gasteiger partial charge in [-0.2, -0.15) is 0 Å². The minimum Gasteiger partial charge on any atom is -0.331 e. The Kier molecular flexibility index (Phi) is 4.92. The van der Waals surface area contributed by atoms with Gasteiger partial charge in [-0.3, -0.25) is 4.79 Å². The molecule has 4 heteroatoms. The van der Waals surface area contributed by atoms with Crippen LogP contribution in [-0.2, 0) is 0 Å². The van der Waals surface area contributed by atoms with E-state index < -0.39 is 0 Å². The highest BCUT2D eigenvalue weighted by Crippen LogP contribution is 2.10. The second-order valence-corrected chi connectivity index (χ2v) is 3.97. The van der Waals surface area contributed by atoms with E-state index >= 15 is 0 Å². The summed E-state index contributed by atoms with van der Waals surface area (Å²) < 4.78 is 0.649. The maximum atomic E-state index is 12.1. The molecule has 3 nitrogen and oxygen atoms in total. The van der Waals surface area contributed by atoms with Gasteiger partial charge in [0.25, 0.3) is 5.91 Å². The topological polar surface area (TPSA) is 33.2 Å². The number of rotatable bonds is 5. The third kappa shape index (κ3) is 3.31. The Morgan fingerprint density at radius 1 is 1.44 bits per heavy atom. The summed E-state index contributed by atoms with van der Waals surface area (Å²) in [5.74, 6) is -0.0529. The van der Waals surface area contributed by atoms with E-state index in [0.29, 0.717) is 23.3 Å². The average molecular weight is 281 g/mol. The first kappa shape index (κ1) is 12.6. The maximum absolute atomic E-state index is 12.1. The monoisotopic (exact) mass is 280 g/mol. The van der Waals surface area contributed by atoms with Crippen molar-refractivity contribution in [1.29, 1.82) is 0 Å². The molecule has 84 valence electrons. The first-order valence-corrected chi connectivity index (χ1v) is 5.61. The normalized spacial score (nSPS) is 9.56. The third-order valence-corrected chi connectivity index (χ3v) is 2.39. The molecule has 0 aliphatic heterocycles. The molecule has 0 aliphatic carbocycles. The number of halogens is 1. The molecule has 0 aliphatic rings. The Morgan fingerprint density at radius 2 is 2.06 bits per heavy atom. The van der Waals surface area contributed by atoms with Crippen molar-refractivity contribution in [2.75, 3.05) is 13.1 Å². The lowest BCUT2D eigenvalue weighted by atomic mass is 10.2. The number of carbonyl (C=O) groups excluding carboxylic acids is 1. The van der Waals surface area contributed by atoms with Crippen LogP contribution in [0.15, 0.2) is 48.2 Å². The number of nitrogens with zero attached hydrogens (tertiary/aromatic N) is 2. The van der Waals surface area contributed by atoms with Crippen LogP contribution in [0.3, 0.4) is 0 Å². The molecule has 0 saturated carbocycles. The smallest absolute Gasteiger partial charge is 0.254 e. The lowest BCUT2D eigenvalue weighted by Gasteiger charge is -2.19. The second-order valence-electron chi connectivity index (χ2n) is 3.15. The van der Waals surface area contributed by atoms with E-state index in [0.717, 1.165) is 0 Å². The van der Waals surface area contributed by atoms with Crippen LogP contribution in [0.4, 0.5) is 0 Å². The van der Waals surface area contributed by atoms with Crippen LogP contribution in [0, 0.1) is 0 Å². The second kappa shape index (κ2) is 6.23. The molecule has 1 aromatic heterocycles. The van der Waals surface area contributed by atoms with Crippen LogP contribution in [0.25, 0.3) is 0 Å². The van der Waals surface area contributed by atoms with Gasteiger partial charge >= 0.3 is 0 Å². The number of carbonyl (C=O) groups is 1. The first-order chi connectivity index (χ1) is 7.69. The van der Waals surface area contributed by atoms with Crippen LogP contribution >= 0.6 is 15.9 Å². The van der Waals surface area contributed by atoms with Gasteiger partial charge in [0.05, 0.1) is 0 Å². The van der Waals surface area contributed by atoms with E-state index in [1.165, 1.54) is 0 Å². The fourth-order valence-corrected chi connectivity index (χ4v) is 1.63. The number of pyridine rings is 1. The summed E-state index contributed by atoms with van der Waals surface area (Å²) in [7, 11) is 0. The molecule has 0 unspecified atom stereocenters. The molecule has 0 radical (unpaired) electrons. The van der Waals surface area contributed by atoms with Gasteiger partial charge in [-0.25, -0.2) is 4.98 Å². The van der Waals surface area contributed by atoms with Crippen LogP contribution in [0.2, 0.25) is 0 Å². The highest BCUT2D eigenvalue weighted by molar-refractivity contribution is 9.10. The van der Waals surface area contributed by atoms with Gasteiger partial charge in [-0.1, -0.05) is 12.2 Å². The molecule has 1 rings (SSSR count). The summed E-state index contributed by atoms with van der Waals surface area (Å²) in [5, 5.41) is 0. The molecular formula is C12H13BrN2O. The van der Waals surface area contributed by atoms with Crippen molar-refractivity contribution >= 4 is 21.8 Å². The summed E-state index contributed by atoms with van der Waals surface area (Å²) in [6.07, 6.45) is 4.98. The van der Waals surface area contributed by atoms with Gasteiger partial charge in [0.15, 0.2) is 0 Å². The maximum Gasteiger partial charge on any atom is 0.254 e. The van der Waals surface area contributed by atoms with Crippen molar-refractivity contribution in [3.63, 3.8) is 0 Å². The summed E-state index contributed by atoms with van der Waals surface area (Å²) in [4.78, 5) is 17.7. The van der Waals surface area contributed by atoms with Crippen molar-refractivity contribution < 1.29 is 4.79 Å². The average Bonchev–Trinajstić information content (AvgIpc) is 2.28. The van der Waals surface area contributed by atoms with E-state index in [9.17, 15) is 4.79 Å². The highest BCUT2D eigenvalue weighted by Gasteiger charge is 2.13. The molecule has 16 heavy (non-hydrogen) atoms. The minimum atomic E-state index is -0.0529. The van der Waals surface area contributed by atoms with Crippen LogP contribution in [-0.4, -0.2) is 28.9 Å². The van der Waals surface area contributed by atoms with Crippen LogP contribution in [0.5, 0.6) is 0 Å². The Balaban J connectivity index is 2.89. The SMILES string of the molecule is C=CCN(CC=C)C(=O)c1ccnc(Br)c1. The van der Waals surface area contributed by atoms with Gasteiger partial charge < -0.3 is 4.90 Å². The largest absolute Gasteiger partial charge is 0.331 e. The predicted molar refractivity (Wildman–Crippen MR) is 68.2 cm³/mol. The van der Waals surface area contributed by atoms with Gasteiger partial charge in [-0.05, 0) is 28.1 Å². The zero-order valence-corrected chi connectivity index (χ0v) is 10.5. The van der Waals surface area contributed by atoms with Crippen molar-refractivity contribution in [3.8, 4) is 0 Å². The summed E-state index contributed by atoms with van der Waals surface area (Å²) in [6.45, 7) is 8.26. The number of aromatic nitrogens is 1. The number of hydrogen-bond donors (Lipinski definition) is 0. The fraction of sp³-hybridized carbons (Fsp3) is 0.167. The summed E-state index contributed by atoms with van der Waals surface area (Å²) in [6, 6.07) is 3.38. The van der Waals surface area contributed by atoms with E-state index in [1.807, 2.05) is 0 Å². The number of amides is 1. The molecular weight excluding hydrogens is 268 g/mol. The van der Waals surface area contributed by atoms with Crippen molar-refractivity contribution in [2.45, 2.75) is 0 Å². The van der Waals surface area contributed by atoms with Gasteiger partial charge in [0.1, 0.15) is 4.60 Å². The van der Waals surface area contributed by atoms with E-state index in [4.69, 9.17) is 0 Å². The van der Waals surface area contributed by atoms with Gasteiger partial charge in [-0.15, -0.1) is 13.2 Å². The lowest BCUT2D eigenvalue weighted by molar-refractivity contribution is 0.0790. The van der Waals surface area contributed by atoms with E-state index in [-0.39, 0.29) is 5.91 Å². The van der Waals surface area contributed by atoms with E-state index in [2.05, 4.69) is 34.1 Å². The Labute approximate surface area is 104 Å². The third-order valence-electron chi connectivity index (χ3n) is 1.96. The minimum absolute atomic E-state index is 0.0529. The fourth-order valence-electron chi connectivity index (χ4n) is 1.27. The summed E-state index contributed by atoms with van der Waals surface area (Å²) >= 11 is 3.24. The predicted octanol–water partition coefficient (Wildman–Crippen LogP) is 2.66. The quantitative estimate of drug-likeness (QED) is 0.614. The van der Waals surface area contributed by atoms with Crippen LogP contribution in [0.1, 0.15) is 10.4 Å². The lowest BCUT2D eigenvalue weighted by Crippen LogP contribution is -2.31. The van der Waals surface area contributed by atoms with Gasteiger partial charge in [0.2, 0.25) is 0 Å². The molecule has 0 fully saturated rings. The Morgan fingerprint density at radius 3 is 2.56 bits per heavy atom. The Hall–Kier alpha value is -1.42. The molecule has 0 aromatic carbocycles. The van der Waals surface area contributed by atoms with Crippen molar-refractivity contribution in [3.05, 3.63) is 53.8 Å². The highest BCUT2D eigenvalue weighted by atomic mass is 79.9. The molecule has 0 atom stereocenters. The number of hydrogen-bond acceptors (Lipinski definition) is 2. The van der Waals surface area contributed by atoms with Crippen molar-refractivity contribution in [2.24, 2.45) is 0 Å². The molecule has 0 N–H and O–H groups in total.